The molecule has 3 nitrogen and oxygen atoms in total. The Labute approximate surface area is 116 Å². The Morgan fingerprint density at radius 2 is 1.84 bits per heavy atom. The van der Waals surface area contributed by atoms with Gasteiger partial charge in [0, 0.05) is 6.54 Å². The Hall–Kier alpha value is -1.51. The highest BCUT2D eigenvalue weighted by Gasteiger charge is 2.27. The standard InChI is InChI=1S/C16H25N3/c1-11(2)10-19-15(9-18-16(19)17)14-7-5-13(6-8-14)12(3)4/h5-8,11-12,15H,9-10H2,1-4H3,(H2,17,18). The molecule has 0 aromatic heterocycles. The molecule has 1 aromatic carbocycles. The smallest absolute Gasteiger partial charge is 0.191 e. The molecule has 0 saturated heterocycles. The van der Waals surface area contributed by atoms with Crippen molar-refractivity contribution in [1.29, 1.82) is 0 Å². The second-order valence-electron chi connectivity index (χ2n) is 6.08. The molecule has 1 aromatic rings. The summed E-state index contributed by atoms with van der Waals surface area (Å²) in [7, 11) is 0. The maximum absolute atomic E-state index is 6.01. The monoisotopic (exact) mass is 259 g/mol. The van der Waals surface area contributed by atoms with E-state index in [1.165, 1.54) is 11.1 Å². The van der Waals surface area contributed by atoms with E-state index in [-0.39, 0.29) is 0 Å². The van der Waals surface area contributed by atoms with Crippen LogP contribution in [-0.4, -0.2) is 23.9 Å². The van der Waals surface area contributed by atoms with Crippen LogP contribution in [0.1, 0.15) is 50.8 Å². The van der Waals surface area contributed by atoms with E-state index in [9.17, 15) is 0 Å². The highest BCUT2D eigenvalue weighted by Crippen LogP contribution is 2.27. The van der Waals surface area contributed by atoms with Gasteiger partial charge in [-0.1, -0.05) is 52.0 Å². The highest BCUT2D eigenvalue weighted by molar-refractivity contribution is 5.80. The first-order chi connectivity index (χ1) is 8.99. The predicted molar refractivity (Wildman–Crippen MR) is 81.3 cm³/mol. The van der Waals surface area contributed by atoms with Crippen LogP contribution >= 0.6 is 0 Å². The molecular weight excluding hydrogens is 234 g/mol. The van der Waals surface area contributed by atoms with Gasteiger partial charge < -0.3 is 10.6 Å². The quantitative estimate of drug-likeness (QED) is 0.902. The van der Waals surface area contributed by atoms with Crippen molar-refractivity contribution < 1.29 is 0 Å². The van der Waals surface area contributed by atoms with Crippen molar-refractivity contribution in [2.75, 3.05) is 13.1 Å². The number of rotatable bonds is 4. The molecule has 0 spiro atoms. The summed E-state index contributed by atoms with van der Waals surface area (Å²) in [5, 5.41) is 0. The van der Waals surface area contributed by atoms with Gasteiger partial charge in [0.1, 0.15) is 0 Å². The Balaban J connectivity index is 2.16. The van der Waals surface area contributed by atoms with Crippen molar-refractivity contribution >= 4 is 5.96 Å². The topological polar surface area (TPSA) is 41.6 Å². The Morgan fingerprint density at radius 3 is 2.37 bits per heavy atom. The van der Waals surface area contributed by atoms with Crippen LogP contribution in [0.5, 0.6) is 0 Å². The van der Waals surface area contributed by atoms with Crippen molar-refractivity contribution in [1.82, 2.24) is 4.90 Å². The van der Waals surface area contributed by atoms with Crippen LogP contribution in [0, 0.1) is 5.92 Å². The lowest BCUT2D eigenvalue weighted by Gasteiger charge is -2.28. The molecule has 0 bridgehead atoms. The molecule has 0 aliphatic carbocycles. The zero-order valence-electron chi connectivity index (χ0n) is 12.4. The first-order valence-corrected chi connectivity index (χ1v) is 7.15. The second kappa shape index (κ2) is 5.64. The van der Waals surface area contributed by atoms with Crippen molar-refractivity contribution in [3.63, 3.8) is 0 Å². The number of nitrogens with two attached hydrogens (primary N) is 1. The zero-order chi connectivity index (χ0) is 14.0. The van der Waals surface area contributed by atoms with Gasteiger partial charge in [-0.25, -0.2) is 0 Å². The van der Waals surface area contributed by atoms with E-state index in [1.807, 2.05) is 0 Å². The van der Waals surface area contributed by atoms with Crippen molar-refractivity contribution in [3.05, 3.63) is 35.4 Å². The zero-order valence-corrected chi connectivity index (χ0v) is 12.4. The molecule has 1 aliphatic heterocycles. The van der Waals surface area contributed by atoms with Gasteiger partial charge in [-0.3, -0.25) is 4.99 Å². The number of aliphatic imine (C=N–C) groups is 1. The molecule has 0 amide bonds. The molecule has 19 heavy (non-hydrogen) atoms. The number of benzene rings is 1. The van der Waals surface area contributed by atoms with Crippen LogP contribution < -0.4 is 5.73 Å². The van der Waals surface area contributed by atoms with Crippen molar-refractivity contribution in [2.45, 2.75) is 39.7 Å². The van der Waals surface area contributed by atoms with Crippen LogP contribution in [0.4, 0.5) is 0 Å². The number of hydrogen-bond acceptors (Lipinski definition) is 3. The van der Waals surface area contributed by atoms with E-state index >= 15 is 0 Å². The summed E-state index contributed by atoms with van der Waals surface area (Å²) >= 11 is 0. The lowest BCUT2D eigenvalue weighted by Crippen LogP contribution is -2.38. The summed E-state index contributed by atoms with van der Waals surface area (Å²) in [5.41, 5.74) is 8.70. The van der Waals surface area contributed by atoms with Crippen LogP contribution in [0.3, 0.4) is 0 Å². The number of nitrogens with zero attached hydrogens (tertiary/aromatic N) is 2. The molecule has 3 heteroatoms. The van der Waals surface area contributed by atoms with E-state index in [4.69, 9.17) is 5.73 Å². The summed E-state index contributed by atoms with van der Waals surface area (Å²) in [6.45, 7) is 10.6. The minimum absolute atomic E-state index is 0.309. The molecule has 1 unspecified atom stereocenters. The van der Waals surface area contributed by atoms with E-state index in [2.05, 4.69) is 61.9 Å². The number of guanidine groups is 1. The van der Waals surface area contributed by atoms with Crippen LogP contribution in [0.15, 0.2) is 29.3 Å². The van der Waals surface area contributed by atoms with E-state index in [0.717, 1.165) is 13.1 Å². The Bertz CT molecular complexity index is 446. The molecule has 0 fully saturated rings. The molecule has 1 atom stereocenters. The minimum atomic E-state index is 0.309. The third-order valence-electron chi connectivity index (χ3n) is 3.65. The van der Waals surface area contributed by atoms with E-state index in [1.54, 1.807) is 0 Å². The third kappa shape index (κ3) is 3.09. The van der Waals surface area contributed by atoms with Crippen molar-refractivity contribution in [2.24, 2.45) is 16.6 Å². The molecule has 2 N–H and O–H groups in total. The van der Waals surface area contributed by atoms with Gasteiger partial charge in [0.25, 0.3) is 0 Å². The van der Waals surface area contributed by atoms with Gasteiger partial charge in [-0.05, 0) is 23.0 Å². The first kappa shape index (κ1) is 13.9. The molecule has 1 heterocycles. The second-order valence-corrected chi connectivity index (χ2v) is 6.08. The maximum Gasteiger partial charge on any atom is 0.191 e. The molecule has 1 aliphatic rings. The van der Waals surface area contributed by atoms with Gasteiger partial charge in [0.15, 0.2) is 5.96 Å². The summed E-state index contributed by atoms with van der Waals surface area (Å²) in [4.78, 5) is 6.64. The summed E-state index contributed by atoms with van der Waals surface area (Å²) in [6, 6.07) is 9.20. The first-order valence-electron chi connectivity index (χ1n) is 7.15. The van der Waals surface area contributed by atoms with Crippen molar-refractivity contribution in [3.8, 4) is 0 Å². The average molecular weight is 259 g/mol. The normalized spacial score (nSPS) is 19.4. The van der Waals surface area contributed by atoms with Gasteiger partial charge >= 0.3 is 0 Å². The van der Waals surface area contributed by atoms with Crippen LogP contribution in [0.25, 0.3) is 0 Å². The highest BCUT2D eigenvalue weighted by atomic mass is 15.3. The minimum Gasteiger partial charge on any atom is -0.370 e. The molecule has 0 radical (unpaired) electrons. The predicted octanol–water partition coefficient (Wildman–Crippen LogP) is 3.14. The van der Waals surface area contributed by atoms with Crippen LogP contribution in [-0.2, 0) is 0 Å². The lowest BCUT2D eigenvalue weighted by molar-refractivity contribution is 0.309. The average Bonchev–Trinajstić information content (AvgIpc) is 2.71. The van der Waals surface area contributed by atoms with Gasteiger partial charge in [-0.2, -0.15) is 0 Å². The van der Waals surface area contributed by atoms with Gasteiger partial charge in [0.05, 0.1) is 12.6 Å². The fourth-order valence-electron chi connectivity index (χ4n) is 2.53. The molecular formula is C16H25N3. The molecule has 0 saturated carbocycles. The van der Waals surface area contributed by atoms with E-state index in [0.29, 0.717) is 23.8 Å². The van der Waals surface area contributed by atoms with Crippen LogP contribution in [0.2, 0.25) is 0 Å². The van der Waals surface area contributed by atoms with Gasteiger partial charge in [0.2, 0.25) is 0 Å². The van der Waals surface area contributed by atoms with Gasteiger partial charge in [-0.15, -0.1) is 0 Å². The Kier molecular flexibility index (Phi) is 4.13. The maximum atomic E-state index is 6.01. The van der Waals surface area contributed by atoms with E-state index < -0.39 is 0 Å². The molecule has 104 valence electrons. The molecule has 2 rings (SSSR count). The fraction of sp³-hybridized carbons (Fsp3) is 0.562. The number of hydrogen-bond donors (Lipinski definition) is 1. The summed E-state index contributed by atoms with van der Waals surface area (Å²) < 4.78 is 0. The lowest BCUT2D eigenvalue weighted by atomic mass is 9.98. The SMILES string of the molecule is CC(C)CN1C(N)=NCC1c1ccc(C(C)C)cc1. The third-order valence-corrected chi connectivity index (χ3v) is 3.65. The Morgan fingerprint density at radius 1 is 1.21 bits per heavy atom. The summed E-state index contributed by atoms with van der Waals surface area (Å²) in [5.74, 6) is 1.85. The fourth-order valence-corrected chi connectivity index (χ4v) is 2.53. The largest absolute Gasteiger partial charge is 0.370 e. The summed E-state index contributed by atoms with van der Waals surface area (Å²) in [6.07, 6.45) is 0.